The Morgan fingerprint density at radius 1 is 0.833 bits per heavy atom. The fourth-order valence-corrected chi connectivity index (χ4v) is 4.12. The quantitative estimate of drug-likeness (QED) is 0.340. The molecule has 0 saturated carbocycles. The molecule has 0 amide bonds. The van der Waals surface area contributed by atoms with Gasteiger partial charge in [0.1, 0.15) is 5.82 Å². The molecule has 0 spiro atoms. The van der Waals surface area contributed by atoms with E-state index in [4.69, 9.17) is 0 Å². The molecular formula is C25H24FN3S. The van der Waals surface area contributed by atoms with Gasteiger partial charge in [-0.1, -0.05) is 75.0 Å². The van der Waals surface area contributed by atoms with E-state index in [0.29, 0.717) is 5.82 Å². The van der Waals surface area contributed by atoms with Crippen molar-refractivity contribution >= 4 is 11.8 Å². The first-order chi connectivity index (χ1) is 14.4. The molecule has 3 nitrogen and oxygen atoms in total. The van der Waals surface area contributed by atoms with Crippen LogP contribution in [0.3, 0.4) is 0 Å². The molecule has 0 aliphatic rings. The van der Waals surface area contributed by atoms with Gasteiger partial charge in [-0.2, -0.15) is 0 Å². The molecule has 4 aromatic rings. The van der Waals surface area contributed by atoms with Crippen molar-refractivity contribution in [3.8, 4) is 17.1 Å². The molecule has 5 heteroatoms. The predicted molar refractivity (Wildman–Crippen MR) is 121 cm³/mol. The summed E-state index contributed by atoms with van der Waals surface area (Å²) >= 11 is 1.64. The topological polar surface area (TPSA) is 30.7 Å². The van der Waals surface area contributed by atoms with Crippen LogP contribution in [-0.2, 0) is 11.2 Å². The summed E-state index contributed by atoms with van der Waals surface area (Å²) in [5.74, 6) is 1.23. The molecule has 0 saturated heterocycles. The predicted octanol–water partition coefficient (Wildman–Crippen LogP) is 6.66. The minimum atomic E-state index is -0.266. The molecular weight excluding hydrogens is 393 g/mol. The van der Waals surface area contributed by atoms with E-state index in [1.807, 2.05) is 34.9 Å². The Bertz CT molecular complexity index is 1110. The minimum Gasteiger partial charge on any atom is -0.270 e. The highest BCUT2D eigenvalue weighted by atomic mass is 32.2. The maximum atomic E-state index is 13.4. The van der Waals surface area contributed by atoms with E-state index in [1.165, 1.54) is 23.3 Å². The molecule has 0 unspecified atom stereocenters. The lowest BCUT2D eigenvalue weighted by Crippen LogP contribution is -2.10. The van der Waals surface area contributed by atoms with Crippen molar-refractivity contribution in [2.24, 2.45) is 0 Å². The molecule has 0 bridgehead atoms. The third kappa shape index (κ3) is 4.46. The van der Waals surface area contributed by atoms with Gasteiger partial charge in [-0.25, -0.2) is 4.39 Å². The second-order valence-electron chi connectivity index (χ2n) is 8.22. The van der Waals surface area contributed by atoms with E-state index in [9.17, 15) is 4.39 Å². The van der Waals surface area contributed by atoms with Crippen molar-refractivity contribution in [1.29, 1.82) is 0 Å². The lowest BCUT2D eigenvalue weighted by atomic mass is 9.87. The van der Waals surface area contributed by atoms with Crippen LogP contribution < -0.4 is 0 Å². The highest BCUT2D eigenvalue weighted by Gasteiger charge is 2.17. The van der Waals surface area contributed by atoms with Gasteiger partial charge in [0.2, 0.25) is 0 Å². The molecule has 0 aliphatic carbocycles. The van der Waals surface area contributed by atoms with E-state index in [-0.39, 0.29) is 11.2 Å². The second-order valence-corrected chi connectivity index (χ2v) is 9.16. The smallest absolute Gasteiger partial charge is 0.196 e. The van der Waals surface area contributed by atoms with Gasteiger partial charge in [-0.3, -0.25) is 4.57 Å². The molecule has 0 N–H and O–H groups in total. The van der Waals surface area contributed by atoms with Crippen LogP contribution >= 0.6 is 11.8 Å². The molecule has 1 heterocycles. The number of hydrogen-bond acceptors (Lipinski definition) is 3. The first kappa shape index (κ1) is 20.4. The lowest BCUT2D eigenvalue weighted by Gasteiger charge is -2.19. The van der Waals surface area contributed by atoms with Crippen LogP contribution in [0.15, 0.2) is 84.0 Å². The monoisotopic (exact) mass is 417 g/mol. The van der Waals surface area contributed by atoms with Gasteiger partial charge in [0.25, 0.3) is 0 Å². The van der Waals surface area contributed by atoms with Crippen LogP contribution in [0.4, 0.5) is 4.39 Å². The zero-order valence-electron chi connectivity index (χ0n) is 17.3. The molecule has 1 aromatic heterocycles. The largest absolute Gasteiger partial charge is 0.270 e. The number of hydrogen-bond donors (Lipinski definition) is 0. The number of rotatable bonds is 5. The van der Waals surface area contributed by atoms with Gasteiger partial charge in [-0.15, -0.1) is 10.2 Å². The van der Waals surface area contributed by atoms with Crippen LogP contribution in [0.1, 0.15) is 31.9 Å². The van der Waals surface area contributed by atoms with Crippen LogP contribution in [0, 0.1) is 5.82 Å². The van der Waals surface area contributed by atoms with E-state index >= 15 is 0 Å². The van der Waals surface area contributed by atoms with E-state index in [2.05, 4.69) is 55.2 Å². The average Bonchev–Trinajstić information content (AvgIpc) is 3.17. The number of thioether (sulfide) groups is 1. The normalized spacial score (nSPS) is 11.6. The molecule has 152 valence electrons. The second kappa shape index (κ2) is 8.44. The fourth-order valence-electron chi connectivity index (χ4n) is 3.21. The van der Waals surface area contributed by atoms with Crippen molar-refractivity contribution in [3.05, 3.63) is 95.8 Å². The van der Waals surface area contributed by atoms with E-state index in [1.54, 1.807) is 23.9 Å². The maximum absolute atomic E-state index is 13.4. The first-order valence-electron chi connectivity index (χ1n) is 9.91. The Balaban J connectivity index is 1.64. The zero-order valence-corrected chi connectivity index (χ0v) is 18.2. The van der Waals surface area contributed by atoms with Crippen LogP contribution in [-0.4, -0.2) is 14.8 Å². The molecule has 4 rings (SSSR count). The van der Waals surface area contributed by atoms with Gasteiger partial charge in [-0.05, 0) is 52.9 Å². The van der Waals surface area contributed by atoms with Gasteiger partial charge >= 0.3 is 0 Å². The summed E-state index contributed by atoms with van der Waals surface area (Å²) in [7, 11) is 0. The van der Waals surface area contributed by atoms with Crippen LogP contribution in [0.5, 0.6) is 0 Å². The van der Waals surface area contributed by atoms with Gasteiger partial charge in [0.05, 0.1) is 0 Å². The van der Waals surface area contributed by atoms with Gasteiger partial charge in [0, 0.05) is 17.0 Å². The van der Waals surface area contributed by atoms with Crippen molar-refractivity contribution in [3.63, 3.8) is 0 Å². The Kier molecular flexibility index (Phi) is 5.73. The Hall–Kier alpha value is -2.92. The minimum absolute atomic E-state index is 0.142. The Labute approximate surface area is 181 Å². The van der Waals surface area contributed by atoms with Gasteiger partial charge < -0.3 is 0 Å². The summed E-state index contributed by atoms with van der Waals surface area (Å²) in [6, 6.07) is 25.1. The van der Waals surface area contributed by atoms with Crippen molar-refractivity contribution in [1.82, 2.24) is 14.8 Å². The van der Waals surface area contributed by atoms with Crippen molar-refractivity contribution in [2.75, 3.05) is 0 Å². The van der Waals surface area contributed by atoms with Crippen molar-refractivity contribution in [2.45, 2.75) is 37.1 Å². The summed E-state index contributed by atoms with van der Waals surface area (Å²) in [5.41, 5.74) is 4.51. The SMILES string of the molecule is CC(C)(C)c1ccc(CSc2nnc(-c3ccc(F)cc3)n2-c2ccccc2)cc1. The van der Waals surface area contributed by atoms with Gasteiger partial charge in [0.15, 0.2) is 11.0 Å². The fraction of sp³-hybridized carbons (Fsp3) is 0.200. The number of halogens is 1. The standard InChI is InChI=1S/C25H24FN3S/c1-25(2,3)20-13-9-18(10-14-20)17-30-24-28-27-23(19-11-15-21(26)16-12-19)29(24)22-7-5-4-6-8-22/h4-16H,17H2,1-3H3. The summed E-state index contributed by atoms with van der Waals surface area (Å²) in [6.45, 7) is 6.65. The highest BCUT2D eigenvalue weighted by molar-refractivity contribution is 7.98. The summed E-state index contributed by atoms with van der Waals surface area (Å²) in [6.07, 6.45) is 0. The summed E-state index contributed by atoms with van der Waals surface area (Å²) in [5, 5.41) is 9.67. The van der Waals surface area contributed by atoms with Crippen LogP contribution in [0.25, 0.3) is 17.1 Å². The lowest BCUT2D eigenvalue weighted by molar-refractivity contribution is 0.590. The Morgan fingerprint density at radius 2 is 1.50 bits per heavy atom. The van der Waals surface area contributed by atoms with E-state index < -0.39 is 0 Å². The maximum Gasteiger partial charge on any atom is 0.196 e. The van der Waals surface area contributed by atoms with Crippen molar-refractivity contribution < 1.29 is 4.39 Å². The molecule has 0 fully saturated rings. The number of benzene rings is 3. The Morgan fingerprint density at radius 3 is 2.13 bits per heavy atom. The first-order valence-corrected chi connectivity index (χ1v) is 10.9. The number of nitrogens with zero attached hydrogens (tertiary/aromatic N) is 3. The summed E-state index contributed by atoms with van der Waals surface area (Å²) < 4.78 is 15.4. The molecule has 0 radical (unpaired) electrons. The third-order valence-corrected chi connectivity index (χ3v) is 5.94. The molecule has 3 aromatic carbocycles. The average molecular weight is 418 g/mol. The van der Waals surface area contributed by atoms with Crippen LogP contribution in [0.2, 0.25) is 0 Å². The number of aromatic nitrogens is 3. The molecule has 30 heavy (non-hydrogen) atoms. The molecule has 0 atom stereocenters. The number of para-hydroxylation sites is 1. The third-order valence-electron chi connectivity index (χ3n) is 4.94. The zero-order chi connectivity index (χ0) is 21.1. The molecule has 0 aliphatic heterocycles. The van der Waals surface area contributed by atoms with E-state index in [0.717, 1.165) is 22.2 Å². The summed E-state index contributed by atoms with van der Waals surface area (Å²) in [4.78, 5) is 0. The highest BCUT2D eigenvalue weighted by Crippen LogP contribution is 2.30.